The van der Waals surface area contributed by atoms with E-state index in [1.807, 2.05) is 6.07 Å². The average Bonchev–Trinajstić information content (AvgIpc) is 2.43. The smallest absolute Gasteiger partial charge is 0.125 e. The lowest BCUT2D eigenvalue weighted by molar-refractivity contribution is 0.627. The molecule has 1 aromatic rings. The Bertz CT molecular complexity index is 367. The summed E-state index contributed by atoms with van der Waals surface area (Å²) in [6.45, 7) is 1.87. The van der Waals surface area contributed by atoms with Crippen molar-refractivity contribution in [2.45, 2.75) is 12.8 Å². The summed E-state index contributed by atoms with van der Waals surface area (Å²) in [4.78, 5) is 0. The van der Waals surface area contributed by atoms with Crippen molar-refractivity contribution in [3.8, 4) is 0 Å². The largest absolute Gasteiger partial charge is 0.313 e. The Morgan fingerprint density at radius 2 is 2.13 bits per heavy atom. The van der Waals surface area contributed by atoms with Gasteiger partial charge in [-0.15, -0.1) is 0 Å². The molecule has 0 fully saturated rings. The van der Waals surface area contributed by atoms with Gasteiger partial charge in [0.05, 0.1) is 0 Å². The van der Waals surface area contributed by atoms with Gasteiger partial charge < -0.3 is 5.32 Å². The van der Waals surface area contributed by atoms with Crippen LogP contribution in [-0.2, 0) is 0 Å². The van der Waals surface area contributed by atoms with E-state index < -0.39 is 0 Å². The molecular formula is C12H13ClFN. The molecule has 0 aromatic heterocycles. The van der Waals surface area contributed by atoms with Gasteiger partial charge in [0.1, 0.15) is 5.82 Å². The van der Waals surface area contributed by atoms with Gasteiger partial charge in [0.15, 0.2) is 0 Å². The zero-order chi connectivity index (χ0) is 10.7. The predicted octanol–water partition coefficient (Wildman–Crippen LogP) is 3.25. The molecule has 2 rings (SSSR count). The normalized spacial score (nSPS) is 17.1. The van der Waals surface area contributed by atoms with Crippen molar-refractivity contribution < 1.29 is 4.39 Å². The van der Waals surface area contributed by atoms with Crippen LogP contribution in [0.15, 0.2) is 24.3 Å². The van der Waals surface area contributed by atoms with E-state index in [-0.39, 0.29) is 5.82 Å². The first-order valence-electron chi connectivity index (χ1n) is 5.12. The van der Waals surface area contributed by atoms with Crippen molar-refractivity contribution in [3.63, 3.8) is 0 Å². The summed E-state index contributed by atoms with van der Waals surface area (Å²) in [7, 11) is 0. The van der Waals surface area contributed by atoms with Crippen LogP contribution >= 0.6 is 11.6 Å². The van der Waals surface area contributed by atoms with E-state index in [0.717, 1.165) is 31.5 Å². The maximum absolute atomic E-state index is 13.2. The molecule has 80 valence electrons. The van der Waals surface area contributed by atoms with Crippen molar-refractivity contribution in [2.75, 3.05) is 13.1 Å². The Morgan fingerprint density at radius 3 is 2.93 bits per heavy atom. The van der Waals surface area contributed by atoms with Gasteiger partial charge >= 0.3 is 0 Å². The van der Waals surface area contributed by atoms with Gasteiger partial charge in [0.2, 0.25) is 0 Å². The Labute approximate surface area is 93.9 Å². The summed E-state index contributed by atoms with van der Waals surface area (Å²) in [5.41, 5.74) is 2.09. The molecule has 1 aromatic carbocycles. The quantitative estimate of drug-likeness (QED) is 0.774. The molecule has 0 aliphatic carbocycles. The van der Waals surface area contributed by atoms with Crippen molar-refractivity contribution in [2.24, 2.45) is 0 Å². The molecule has 3 heteroatoms. The Morgan fingerprint density at radius 1 is 1.27 bits per heavy atom. The lowest BCUT2D eigenvalue weighted by Crippen LogP contribution is -2.12. The minimum Gasteiger partial charge on any atom is -0.313 e. The molecule has 1 aliphatic rings. The fourth-order valence-electron chi connectivity index (χ4n) is 1.80. The van der Waals surface area contributed by atoms with E-state index >= 15 is 0 Å². The molecule has 1 heterocycles. The molecule has 0 bridgehead atoms. The molecule has 0 saturated heterocycles. The third kappa shape index (κ3) is 2.80. The van der Waals surface area contributed by atoms with Gasteiger partial charge in [-0.2, -0.15) is 0 Å². The predicted molar refractivity (Wildman–Crippen MR) is 61.5 cm³/mol. The van der Waals surface area contributed by atoms with E-state index in [9.17, 15) is 4.39 Å². The Balaban J connectivity index is 2.31. The fourth-order valence-corrected chi connectivity index (χ4v) is 2.03. The van der Waals surface area contributed by atoms with E-state index in [4.69, 9.17) is 11.6 Å². The van der Waals surface area contributed by atoms with Crippen LogP contribution in [0.1, 0.15) is 18.4 Å². The highest BCUT2D eigenvalue weighted by molar-refractivity contribution is 6.30. The maximum atomic E-state index is 13.2. The molecule has 15 heavy (non-hydrogen) atoms. The van der Waals surface area contributed by atoms with Crippen LogP contribution in [0.5, 0.6) is 0 Å². The second-order valence-electron chi connectivity index (χ2n) is 3.70. The van der Waals surface area contributed by atoms with E-state index in [1.165, 1.54) is 11.6 Å². The van der Waals surface area contributed by atoms with Gasteiger partial charge in [-0.1, -0.05) is 17.7 Å². The zero-order valence-corrected chi connectivity index (χ0v) is 9.15. The molecule has 1 aliphatic heterocycles. The van der Waals surface area contributed by atoms with Crippen molar-refractivity contribution in [1.29, 1.82) is 0 Å². The van der Waals surface area contributed by atoms with Crippen LogP contribution in [-0.4, -0.2) is 13.1 Å². The Hall–Kier alpha value is -0.860. The minimum atomic E-state index is -0.268. The standard InChI is InChI=1S/C12H13ClFN/c13-11-6-10(7-12(14)8-11)9-2-1-4-15-5-3-9/h3,6-8,15H,1-2,4-5H2. The van der Waals surface area contributed by atoms with Gasteiger partial charge in [-0.05, 0) is 48.7 Å². The minimum absolute atomic E-state index is 0.268. The van der Waals surface area contributed by atoms with E-state index in [0.29, 0.717) is 5.02 Å². The third-order valence-corrected chi connectivity index (χ3v) is 2.74. The number of nitrogens with one attached hydrogen (secondary N) is 1. The summed E-state index contributed by atoms with van der Waals surface area (Å²) in [5.74, 6) is -0.268. The SMILES string of the molecule is Fc1cc(Cl)cc(C2=CCNCCC2)c1. The van der Waals surface area contributed by atoms with Crippen molar-refractivity contribution in [1.82, 2.24) is 5.32 Å². The maximum Gasteiger partial charge on any atom is 0.125 e. The summed E-state index contributed by atoms with van der Waals surface area (Å²) in [6, 6.07) is 4.70. The van der Waals surface area contributed by atoms with Crippen LogP contribution in [0.3, 0.4) is 0 Å². The lowest BCUT2D eigenvalue weighted by Gasteiger charge is -2.06. The third-order valence-electron chi connectivity index (χ3n) is 2.53. The topological polar surface area (TPSA) is 12.0 Å². The van der Waals surface area contributed by atoms with Crippen LogP contribution < -0.4 is 5.32 Å². The van der Waals surface area contributed by atoms with Crippen LogP contribution in [0.2, 0.25) is 5.02 Å². The highest BCUT2D eigenvalue weighted by Gasteiger charge is 2.07. The summed E-state index contributed by atoms with van der Waals surface area (Å²) in [6.07, 6.45) is 4.17. The fraction of sp³-hybridized carbons (Fsp3) is 0.333. The Kier molecular flexibility index (Phi) is 3.39. The lowest BCUT2D eigenvalue weighted by atomic mass is 10.0. The van der Waals surface area contributed by atoms with Gasteiger partial charge in [0.25, 0.3) is 0 Å². The molecule has 1 nitrogen and oxygen atoms in total. The molecular weight excluding hydrogens is 213 g/mol. The van der Waals surface area contributed by atoms with Crippen molar-refractivity contribution >= 4 is 17.2 Å². The van der Waals surface area contributed by atoms with Crippen LogP contribution in [0, 0.1) is 5.82 Å². The molecule has 1 N–H and O–H groups in total. The number of benzene rings is 1. The second kappa shape index (κ2) is 4.77. The first kappa shape index (κ1) is 10.7. The zero-order valence-electron chi connectivity index (χ0n) is 8.39. The first-order chi connectivity index (χ1) is 7.25. The molecule has 0 amide bonds. The summed E-state index contributed by atoms with van der Waals surface area (Å²) < 4.78 is 13.2. The highest BCUT2D eigenvalue weighted by atomic mass is 35.5. The highest BCUT2D eigenvalue weighted by Crippen LogP contribution is 2.24. The second-order valence-corrected chi connectivity index (χ2v) is 4.13. The summed E-state index contributed by atoms with van der Waals surface area (Å²) >= 11 is 5.83. The van der Waals surface area contributed by atoms with E-state index in [1.54, 1.807) is 6.07 Å². The average molecular weight is 226 g/mol. The first-order valence-corrected chi connectivity index (χ1v) is 5.50. The van der Waals surface area contributed by atoms with Crippen LogP contribution in [0.25, 0.3) is 5.57 Å². The molecule has 0 saturated carbocycles. The number of hydrogen-bond donors (Lipinski definition) is 1. The van der Waals surface area contributed by atoms with Gasteiger partial charge in [-0.3, -0.25) is 0 Å². The monoisotopic (exact) mass is 225 g/mol. The molecule has 0 spiro atoms. The summed E-state index contributed by atoms with van der Waals surface area (Å²) in [5, 5.41) is 3.73. The van der Waals surface area contributed by atoms with Gasteiger partial charge in [0, 0.05) is 11.6 Å². The number of hydrogen-bond acceptors (Lipinski definition) is 1. The van der Waals surface area contributed by atoms with Crippen LogP contribution in [0.4, 0.5) is 4.39 Å². The van der Waals surface area contributed by atoms with Gasteiger partial charge in [-0.25, -0.2) is 4.39 Å². The van der Waals surface area contributed by atoms with Crippen molar-refractivity contribution in [3.05, 3.63) is 40.7 Å². The number of allylic oxidation sites excluding steroid dienone is 1. The molecule has 0 unspecified atom stereocenters. The van der Waals surface area contributed by atoms with E-state index in [2.05, 4.69) is 11.4 Å². The number of halogens is 2. The number of rotatable bonds is 1. The molecule has 0 radical (unpaired) electrons. The molecule has 0 atom stereocenters.